The lowest BCUT2D eigenvalue weighted by atomic mass is 10.1. The van der Waals surface area contributed by atoms with Gasteiger partial charge in [0.05, 0.1) is 32.6 Å². The molecule has 0 aliphatic heterocycles. The predicted octanol–water partition coefficient (Wildman–Crippen LogP) is 2.04. The minimum Gasteiger partial charge on any atom is -0.496 e. The average Bonchev–Trinajstić information content (AvgIpc) is 3.13. The average molecular weight is 439 g/mol. The summed E-state index contributed by atoms with van der Waals surface area (Å²) in [4.78, 5) is 36.1. The van der Waals surface area contributed by atoms with E-state index < -0.39 is 17.4 Å². The molecule has 164 valence electrons. The first kappa shape index (κ1) is 20.8. The molecule has 0 aliphatic carbocycles. The molecule has 4 rings (SSSR count). The molecule has 10 nitrogen and oxygen atoms in total. The van der Waals surface area contributed by atoms with Crippen LogP contribution in [0.15, 0.2) is 41.2 Å². The van der Waals surface area contributed by atoms with Crippen LogP contribution in [-0.4, -0.2) is 46.8 Å². The summed E-state index contributed by atoms with van der Waals surface area (Å²) in [7, 11) is 4.39. The van der Waals surface area contributed by atoms with Crippen LogP contribution in [-0.2, 0) is 0 Å². The Balaban J connectivity index is 2.06. The van der Waals surface area contributed by atoms with Gasteiger partial charge in [0.2, 0.25) is 0 Å². The highest BCUT2D eigenvalue weighted by atomic mass is 19.1. The predicted molar refractivity (Wildman–Crippen MR) is 113 cm³/mol. The number of rotatable bonds is 6. The molecular weight excluding hydrogens is 421 g/mol. The highest BCUT2D eigenvalue weighted by Crippen LogP contribution is 2.39. The molecule has 1 amide bonds. The first-order chi connectivity index (χ1) is 15.4. The summed E-state index contributed by atoms with van der Waals surface area (Å²) < 4.78 is 30.7. The second-order valence-electron chi connectivity index (χ2n) is 6.61. The Kier molecular flexibility index (Phi) is 5.23. The van der Waals surface area contributed by atoms with Crippen molar-refractivity contribution in [1.82, 2.24) is 19.5 Å². The number of benzene rings is 2. The number of aromatic amines is 1. The van der Waals surface area contributed by atoms with E-state index >= 15 is 0 Å². The van der Waals surface area contributed by atoms with Crippen LogP contribution in [0.5, 0.6) is 17.2 Å². The van der Waals surface area contributed by atoms with Crippen molar-refractivity contribution in [3.05, 3.63) is 58.4 Å². The maximum Gasteiger partial charge on any atom is 0.332 e. The molecule has 2 aromatic heterocycles. The highest BCUT2D eigenvalue weighted by Gasteiger charge is 2.23. The molecule has 0 spiro atoms. The van der Waals surface area contributed by atoms with Gasteiger partial charge in [0, 0.05) is 6.07 Å². The van der Waals surface area contributed by atoms with Crippen molar-refractivity contribution in [2.24, 2.45) is 5.73 Å². The fourth-order valence-corrected chi connectivity index (χ4v) is 3.32. The number of primary amides is 1. The van der Waals surface area contributed by atoms with Gasteiger partial charge in [-0.3, -0.25) is 4.79 Å². The summed E-state index contributed by atoms with van der Waals surface area (Å²) in [6.07, 6.45) is 0. The second kappa shape index (κ2) is 8.02. The van der Waals surface area contributed by atoms with Crippen LogP contribution >= 0.6 is 0 Å². The van der Waals surface area contributed by atoms with Crippen LogP contribution in [0.4, 0.5) is 4.39 Å². The van der Waals surface area contributed by atoms with Gasteiger partial charge in [0.15, 0.2) is 28.7 Å². The van der Waals surface area contributed by atoms with Crippen LogP contribution in [0, 0.1) is 5.82 Å². The van der Waals surface area contributed by atoms with Crippen LogP contribution in [0.1, 0.15) is 10.5 Å². The maximum absolute atomic E-state index is 13.4. The number of hydrogen-bond acceptors (Lipinski definition) is 7. The molecule has 0 radical (unpaired) electrons. The van der Waals surface area contributed by atoms with Crippen molar-refractivity contribution in [2.45, 2.75) is 0 Å². The van der Waals surface area contributed by atoms with Gasteiger partial charge in [-0.25, -0.2) is 23.7 Å². The van der Waals surface area contributed by atoms with Crippen LogP contribution in [0.3, 0.4) is 0 Å². The maximum atomic E-state index is 13.4. The number of aromatic nitrogens is 4. The summed E-state index contributed by atoms with van der Waals surface area (Å²) in [5.74, 6) is -0.162. The second-order valence-corrected chi connectivity index (χ2v) is 6.61. The van der Waals surface area contributed by atoms with Gasteiger partial charge in [-0.1, -0.05) is 0 Å². The minimum atomic E-state index is -0.870. The Morgan fingerprint density at radius 2 is 1.62 bits per heavy atom. The fourth-order valence-electron chi connectivity index (χ4n) is 3.32. The number of hydrogen-bond donors (Lipinski definition) is 2. The number of halogens is 1. The number of amides is 1. The zero-order valence-corrected chi connectivity index (χ0v) is 17.3. The molecule has 0 unspecified atom stereocenters. The third-order valence-corrected chi connectivity index (χ3v) is 4.80. The van der Waals surface area contributed by atoms with E-state index in [-0.39, 0.29) is 22.7 Å². The molecule has 0 aliphatic rings. The van der Waals surface area contributed by atoms with Gasteiger partial charge < -0.3 is 24.9 Å². The quantitative estimate of drug-likeness (QED) is 0.469. The van der Waals surface area contributed by atoms with E-state index in [4.69, 9.17) is 19.9 Å². The van der Waals surface area contributed by atoms with Crippen molar-refractivity contribution in [3.8, 4) is 34.3 Å². The molecule has 3 N–H and O–H groups in total. The number of nitrogens with one attached hydrogen (secondary N) is 1. The number of H-pyrrole nitrogens is 1. The van der Waals surface area contributed by atoms with E-state index in [2.05, 4.69) is 15.0 Å². The lowest BCUT2D eigenvalue weighted by Gasteiger charge is -2.14. The van der Waals surface area contributed by atoms with Gasteiger partial charge in [0.1, 0.15) is 17.1 Å². The molecule has 0 atom stereocenters. The monoisotopic (exact) mass is 439 g/mol. The Morgan fingerprint density at radius 1 is 1.00 bits per heavy atom. The SMILES string of the molecule is COc1cc(OC)c(-c2nc(C(N)=O)c3[nH]c(=O)n(-c4ccc(F)cc4)c3n2)cc1OC. The lowest BCUT2D eigenvalue weighted by molar-refractivity contribution is 0.0997. The number of nitrogens with two attached hydrogens (primary N) is 1. The highest BCUT2D eigenvalue weighted by molar-refractivity contribution is 6.02. The molecule has 0 bridgehead atoms. The molecule has 2 heterocycles. The third-order valence-electron chi connectivity index (χ3n) is 4.80. The number of ether oxygens (including phenoxy) is 3. The Morgan fingerprint density at radius 3 is 2.22 bits per heavy atom. The molecule has 0 saturated carbocycles. The topological polar surface area (TPSA) is 134 Å². The summed E-state index contributed by atoms with van der Waals surface area (Å²) in [5, 5.41) is 0. The molecule has 32 heavy (non-hydrogen) atoms. The number of nitrogens with zero attached hydrogens (tertiary/aromatic N) is 3. The van der Waals surface area contributed by atoms with Gasteiger partial charge in [-0.15, -0.1) is 0 Å². The van der Waals surface area contributed by atoms with Crippen molar-refractivity contribution >= 4 is 17.1 Å². The molecule has 11 heteroatoms. The fraction of sp³-hybridized carbons (Fsp3) is 0.143. The van der Waals surface area contributed by atoms with Crippen molar-refractivity contribution in [2.75, 3.05) is 21.3 Å². The smallest absolute Gasteiger partial charge is 0.332 e. The summed E-state index contributed by atoms with van der Waals surface area (Å²) in [5.41, 5.74) is 5.58. The first-order valence-electron chi connectivity index (χ1n) is 9.26. The van der Waals surface area contributed by atoms with E-state index in [0.717, 1.165) is 0 Å². The Bertz CT molecular complexity index is 1390. The van der Waals surface area contributed by atoms with Crippen LogP contribution in [0.25, 0.3) is 28.2 Å². The van der Waals surface area contributed by atoms with Crippen molar-refractivity contribution in [1.29, 1.82) is 0 Å². The molecule has 0 saturated heterocycles. The zero-order chi connectivity index (χ0) is 23.0. The third kappa shape index (κ3) is 3.39. The van der Waals surface area contributed by atoms with Crippen LogP contribution in [0.2, 0.25) is 0 Å². The van der Waals surface area contributed by atoms with E-state index in [0.29, 0.717) is 28.5 Å². The molecule has 2 aromatic carbocycles. The zero-order valence-electron chi connectivity index (χ0n) is 17.3. The van der Waals surface area contributed by atoms with E-state index in [9.17, 15) is 14.0 Å². The molecular formula is C21H18FN5O5. The van der Waals surface area contributed by atoms with Gasteiger partial charge in [-0.2, -0.15) is 0 Å². The lowest BCUT2D eigenvalue weighted by Crippen LogP contribution is -2.15. The summed E-state index contributed by atoms with van der Waals surface area (Å²) in [6.45, 7) is 0. The van der Waals surface area contributed by atoms with Gasteiger partial charge in [0.25, 0.3) is 5.91 Å². The van der Waals surface area contributed by atoms with Crippen LogP contribution < -0.4 is 25.6 Å². The van der Waals surface area contributed by atoms with E-state index in [1.807, 2.05) is 0 Å². The number of carbonyl (C=O) groups is 1. The van der Waals surface area contributed by atoms with E-state index in [1.54, 1.807) is 12.1 Å². The number of imidazole rings is 1. The van der Waals surface area contributed by atoms with Crippen molar-refractivity contribution < 1.29 is 23.4 Å². The largest absolute Gasteiger partial charge is 0.496 e. The van der Waals surface area contributed by atoms with E-state index in [1.165, 1.54) is 50.2 Å². The minimum absolute atomic E-state index is 0.0509. The van der Waals surface area contributed by atoms with Gasteiger partial charge in [-0.05, 0) is 30.3 Å². The summed E-state index contributed by atoms with van der Waals surface area (Å²) >= 11 is 0. The molecule has 4 aromatic rings. The Labute approximate surface area is 180 Å². The first-order valence-corrected chi connectivity index (χ1v) is 9.26. The summed E-state index contributed by atoms with van der Waals surface area (Å²) in [6, 6.07) is 8.38. The molecule has 0 fully saturated rings. The number of fused-ring (bicyclic) bond motifs is 1. The Hall–Kier alpha value is -4.41. The number of carbonyl (C=O) groups excluding carboxylic acids is 1. The van der Waals surface area contributed by atoms with Gasteiger partial charge >= 0.3 is 5.69 Å². The standard InChI is InChI=1S/C21H18FN5O5/c1-30-13-9-15(32-3)14(31-2)8-12(13)19-24-16(18(23)28)17-20(26-19)27(21(29)25-17)11-6-4-10(22)5-7-11/h4-9H,1-3H3,(H2,23,28)(H,25,29). The normalized spacial score (nSPS) is 10.9. The number of methoxy groups -OCH3 is 3. The van der Waals surface area contributed by atoms with Crippen molar-refractivity contribution in [3.63, 3.8) is 0 Å².